The van der Waals surface area contributed by atoms with Crippen molar-refractivity contribution in [2.24, 2.45) is 0 Å². The highest BCUT2D eigenvalue weighted by atomic mass is 35.5. The summed E-state index contributed by atoms with van der Waals surface area (Å²) in [6.07, 6.45) is 0. The summed E-state index contributed by atoms with van der Waals surface area (Å²) in [5, 5.41) is 15.6. The minimum atomic E-state index is -0.399. The molecule has 0 saturated carbocycles. The lowest BCUT2D eigenvalue weighted by Gasteiger charge is -1.98. The lowest BCUT2D eigenvalue weighted by atomic mass is 10.2. The molecule has 0 aliphatic carbocycles. The highest BCUT2D eigenvalue weighted by Gasteiger charge is 2.07. The third-order valence-corrected chi connectivity index (χ3v) is 2.17. The van der Waals surface area contributed by atoms with Crippen molar-refractivity contribution in [3.05, 3.63) is 39.1 Å². The molecule has 0 atom stereocenters. The summed E-state index contributed by atoms with van der Waals surface area (Å²) in [7, 11) is 0. The molecule has 5 heteroatoms. The Labute approximate surface area is 83.7 Å². The van der Waals surface area contributed by atoms with E-state index in [4.69, 9.17) is 16.9 Å². The van der Waals surface area contributed by atoms with Crippen molar-refractivity contribution in [3.63, 3.8) is 0 Å². The van der Waals surface area contributed by atoms with Crippen LogP contribution in [-0.2, 0) is 0 Å². The second-order valence-corrected chi connectivity index (χ2v) is 3.08. The molecule has 2 rings (SSSR count). The molecule has 0 aliphatic heterocycles. The predicted molar refractivity (Wildman–Crippen MR) is 52.1 cm³/mol. The lowest BCUT2D eigenvalue weighted by Crippen LogP contribution is -2.10. The standard InChI is InChI=1S/C9H4ClN3O/c10-6-3-1-2-5-8(6)13-12-7(4-11)9(5)14/h1-3H,(H,13,14). The van der Waals surface area contributed by atoms with Crippen molar-refractivity contribution in [1.29, 1.82) is 5.26 Å². The van der Waals surface area contributed by atoms with Gasteiger partial charge in [0.1, 0.15) is 6.07 Å². The molecular weight excluding hydrogens is 202 g/mol. The third-order valence-electron chi connectivity index (χ3n) is 1.86. The number of benzene rings is 1. The van der Waals surface area contributed by atoms with E-state index in [0.717, 1.165) is 0 Å². The maximum atomic E-state index is 11.5. The van der Waals surface area contributed by atoms with Crippen molar-refractivity contribution < 1.29 is 0 Å². The minimum absolute atomic E-state index is 0.153. The van der Waals surface area contributed by atoms with Gasteiger partial charge in [-0.05, 0) is 12.1 Å². The molecule has 0 unspecified atom stereocenters. The zero-order valence-corrected chi connectivity index (χ0v) is 7.67. The van der Waals surface area contributed by atoms with Crippen LogP contribution >= 0.6 is 11.6 Å². The van der Waals surface area contributed by atoms with Gasteiger partial charge in [0, 0.05) is 0 Å². The molecule has 0 aliphatic rings. The first-order valence-electron chi connectivity index (χ1n) is 3.81. The highest BCUT2D eigenvalue weighted by Crippen LogP contribution is 2.17. The summed E-state index contributed by atoms with van der Waals surface area (Å²) in [6, 6.07) is 6.61. The van der Waals surface area contributed by atoms with Crippen molar-refractivity contribution in [2.45, 2.75) is 0 Å². The van der Waals surface area contributed by atoms with Crippen LogP contribution in [0.3, 0.4) is 0 Å². The van der Waals surface area contributed by atoms with Gasteiger partial charge in [0.15, 0.2) is 0 Å². The predicted octanol–water partition coefficient (Wildman–Crippen LogP) is 1.45. The third kappa shape index (κ3) is 1.15. The molecule has 68 valence electrons. The molecule has 1 heterocycles. The first-order valence-corrected chi connectivity index (χ1v) is 4.19. The monoisotopic (exact) mass is 205 g/mol. The number of nitrogens with one attached hydrogen (secondary N) is 1. The van der Waals surface area contributed by atoms with E-state index in [-0.39, 0.29) is 5.69 Å². The number of aromatic nitrogens is 2. The summed E-state index contributed by atoms with van der Waals surface area (Å²) < 4.78 is 0. The van der Waals surface area contributed by atoms with Crippen LogP contribution in [0.15, 0.2) is 23.0 Å². The van der Waals surface area contributed by atoms with E-state index < -0.39 is 5.43 Å². The van der Waals surface area contributed by atoms with Crippen LogP contribution < -0.4 is 5.43 Å². The Bertz CT molecular complexity index is 597. The fourth-order valence-corrected chi connectivity index (χ4v) is 1.41. The van der Waals surface area contributed by atoms with Gasteiger partial charge in [0.2, 0.25) is 11.1 Å². The van der Waals surface area contributed by atoms with Crippen LogP contribution in [0.5, 0.6) is 0 Å². The quantitative estimate of drug-likeness (QED) is 0.708. The van der Waals surface area contributed by atoms with E-state index in [9.17, 15) is 4.79 Å². The van der Waals surface area contributed by atoms with Crippen LogP contribution in [0.4, 0.5) is 0 Å². The fraction of sp³-hybridized carbons (Fsp3) is 0. The Kier molecular flexibility index (Phi) is 1.95. The van der Waals surface area contributed by atoms with Crippen molar-refractivity contribution in [3.8, 4) is 6.07 Å². The molecule has 0 saturated heterocycles. The van der Waals surface area contributed by atoms with E-state index in [0.29, 0.717) is 15.9 Å². The number of aromatic amines is 1. The maximum Gasteiger partial charge on any atom is 0.226 e. The van der Waals surface area contributed by atoms with E-state index in [1.54, 1.807) is 24.3 Å². The number of fused-ring (bicyclic) bond motifs is 1. The minimum Gasteiger partial charge on any atom is -0.286 e. The second kappa shape index (κ2) is 3.13. The molecule has 4 nitrogen and oxygen atoms in total. The number of nitriles is 1. The molecular formula is C9H4ClN3O. The zero-order chi connectivity index (χ0) is 10.1. The molecule has 0 spiro atoms. The summed E-state index contributed by atoms with van der Waals surface area (Å²) in [4.78, 5) is 11.5. The van der Waals surface area contributed by atoms with Crippen LogP contribution in [0, 0.1) is 11.3 Å². The van der Waals surface area contributed by atoms with Crippen LogP contribution in [0.25, 0.3) is 10.9 Å². The number of rotatable bonds is 0. The van der Waals surface area contributed by atoms with Gasteiger partial charge in [-0.2, -0.15) is 10.4 Å². The van der Waals surface area contributed by atoms with Gasteiger partial charge < -0.3 is 0 Å². The molecule has 14 heavy (non-hydrogen) atoms. The summed E-state index contributed by atoms with van der Waals surface area (Å²) in [5.74, 6) is 0. The molecule has 0 bridgehead atoms. The Balaban J connectivity index is 3.00. The zero-order valence-electron chi connectivity index (χ0n) is 6.91. The van der Waals surface area contributed by atoms with Gasteiger partial charge in [0.25, 0.3) is 0 Å². The smallest absolute Gasteiger partial charge is 0.226 e. The number of hydrogen-bond donors (Lipinski definition) is 1. The Morgan fingerprint density at radius 3 is 3.00 bits per heavy atom. The van der Waals surface area contributed by atoms with Gasteiger partial charge in [-0.25, -0.2) is 0 Å². The number of hydrogen-bond acceptors (Lipinski definition) is 3. The Hall–Kier alpha value is -1.86. The van der Waals surface area contributed by atoms with E-state index >= 15 is 0 Å². The second-order valence-electron chi connectivity index (χ2n) is 2.68. The molecule has 1 aromatic heterocycles. The van der Waals surface area contributed by atoms with Crippen LogP contribution in [0.1, 0.15) is 5.69 Å². The number of halogens is 1. The number of para-hydroxylation sites is 1. The van der Waals surface area contributed by atoms with Crippen molar-refractivity contribution in [1.82, 2.24) is 10.2 Å². The van der Waals surface area contributed by atoms with Gasteiger partial charge >= 0.3 is 0 Å². The number of H-pyrrole nitrogens is 1. The lowest BCUT2D eigenvalue weighted by molar-refractivity contribution is 1.04. The fourth-order valence-electron chi connectivity index (χ4n) is 1.19. The van der Waals surface area contributed by atoms with Crippen molar-refractivity contribution in [2.75, 3.05) is 0 Å². The van der Waals surface area contributed by atoms with E-state index in [1.807, 2.05) is 0 Å². The van der Waals surface area contributed by atoms with E-state index in [1.165, 1.54) is 0 Å². The van der Waals surface area contributed by atoms with E-state index in [2.05, 4.69) is 10.2 Å². The average Bonchev–Trinajstić information content (AvgIpc) is 2.20. The van der Waals surface area contributed by atoms with Gasteiger partial charge in [-0.1, -0.05) is 17.7 Å². The topological polar surface area (TPSA) is 69.5 Å². The average molecular weight is 206 g/mol. The molecule has 1 aromatic carbocycles. The summed E-state index contributed by atoms with van der Waals surface area (Å²) in [6.45, 7) is 0. The SMILES string of the molecule is N#Cc1n[nH]c2c(Cl)cccc2c1=O. The summed E-state index contributed by atoms with van der Waals surface area (Å²) in [5.41, 5.74) is -0.0957. The van der Waals surface area contributed by atoms with Crippen LogP contribution in [0.2, 0.25) is 5.02 Å². The molecule has 2 aromatic rings. The Morgan fingerprint density at radius 1 is 1.50 bits per heavy atom. The number of nitrogens with zero attached hydrogens (tertiary/aromatic N) is 2. The summed E-state index contributed by atoms with van der Waals surface area (Å²) >= 11 is 5.83. The Morgan fingerprint density at radius 2 is 2.29 bits per heavy atom. The van der Waals surface area contributed by atoms with Crippen LogP contribution in [-0.4, -0.2) is 10.2 Å². The van der Waals surface area contributed by atoms with Gasteiger partial charge in [0.05, 0.1) is 15.9 Å². The van der Waals surface area contributed by atoms with Gasteiger partial charge in [-0.15, -0.1) is 0 Å². The highest BCUT2D eigenvalue weighted by molar-refractivity contribution is 6.34. The molecule has 0 fully saturated rings. The van der Waals surface area contributed by atoms with Crippen molar-refractivity contribution >= 4 is 22.5 Å². The normalized spacial score (nSPS) is 10.0. The molecule has 0 amide bonds. The van der Waals surface area contributed by atoms with Gasteiger partial charge in [-0.3, -0.25) is 9.89 Å². The molecule has 0 radical (unpaired) electrons. The first kappa shape index (κ1) is 8.73. The first-order chi connectivity index (χ1) is 6.74. The molecule has 1 N–H and O–H groups in total. The maximum absolute atomic E-state index is 11.5. The largest absolute Gasteiger partial charge is 0.286 e.